The molecule has 1 atom stereocenters. The minimum Gasteiger partial charge on any atom is -0.443 e. The topological polar surface area (TPSA) is 96.6 Å². The zero-order valence-corrected chi connectivity index (χ0v) is 16.3. The molecular weight excluding hydrogens is 328 g/mol. The van der Waals surface area contributed by atoms with Crippen molar-refractivity contribution in [2.75, 3.05) is 18.6 Å². The normalized spacial score (nSPS) is 14.5. The molecule has 1 aromatic heterocycles. The highest BCUT2D eigenvalue weighted by Gasteiger charge is 2.19. The molecule has 138 valence electrons. The van der Waals surface area contributed by atoms with E-state index in [4.69, 9.17) is 4.42 Å². The van der Waals surface area contributed by atoms with Crippen molar-refractivity contribution in [2.45, 2.75) is 59.0 Å². The van der Waals surface area contributed by atoms with Crippen LogP contribution in [0.5, 0.6) is 0 Å². The number of sulfone groups is 1. The summed E-state index contributed by atoms with van der Waals surface area (Å²) in [5, 5.41) is 6.34. The van der Waals surface area contributed by atoms with Crippen LogP contribution in [0.3, 0.4) is 0 Å². The van der Waals surface area contributed by atoms with Crippen LogP contribution in [0.2, 0.25) is 0 Å². The maximum Gasteiger partial charge on any atom is 0.216 e. The molecule has 0 radical (unpaired) electrons. The number of hydrogen-bond donors (Lipinski definition) is 2. The van der Waals surface area contributed by atoms with Gasteiger partial charge in [0.25, 0.3) is 0 Å². The van der Waals surface area contributed by atoms with Gasteiger partial charge in [-0.15, -0.1) is 0 Å². The Morgan fingerprint density at radius 1 is 1.42 bits per heavy atom. The number of nitrogens with zero attached hydrogens (tertiary/aromatic N) is 2. The quantitative estimate of drug-likeness (QED) is 0.570. The van der Waals surface area contributed by atoms with E-state index in [9.17, 15) is 8.42 Å². The zero-order valence-electron chi connectivity index (χ0n) is 15.5. The summed E-state index contributed by atoms with van der Waals surface area (Å²) >= 11 is 0. The van der Waals surface area contributed by atoms with Gasteiger partial charge in [0.2, 0.25) is 5.89 Å². The lowest BCUT2D eigenvalue weighted by atomic mass is 9.94. The first-order valence-electron chi connectivity index (χ1n) is 8.19. The third-order valence-electron chi connectivity index (χ3n) is 3.31. The summed E-state index contributed by atoms with van der Waals surface area (Å²) in [7, 11) is -2.96. The van der Waals surface area contributed by atoms with Crippen molar-refractivity contribution in [1.29, 1.82) is 0 Å². The van der Waals surface area contributed by atoms with E-state index in [0.29, 0.717) is 31.4 Å². The molecule has 0 aromatic carbocycles. The van der Waals surface area contributed by atoms with Crippen molar-refractivity contribution in [2.24, 2.45) is 4.99 Å². The van der Waals surface area contributed by atoms with Crippen LogP contribution >= 0.6 is 0 Å². The zero-order chi connectivity index (χ0) is 18.4. The Labute approximate surface area is 145 Å². The van der Waals surface area contributed by atoms with Gasteiger partial charge in [-0.2, -0.15) is 0 Å². The Bertz CT molecular complexity index is 645. The van der Waals surface area contributed by atoms with Crippen molar-refractivity contribution >= 4 is 15.8 Å². The Hall–Kier alpha value is -1.57. The summed E-state index contributed by atoms with van der Waals surface area (Å²) < 4.78 is 28.2. The fraction of sp³-hybridized carbons (Fsp3) is 0.750. The van der Waals surface area contributed by atoms with Gasteiger partial charge < -0.3 is 15.1 Å². The molecule has 0 bridgehead atoms. The molecule has 7 nitrogen and oxygen atoms in total. The lowest BCUT2D eigenvalue weighted by molar-refractivity contribution is 0.383. The molecular formula is C16H30N4O3S. The largest absolute Gasteiger partial charge is 0.443 e. The molecule has 1 heterocycles. The van der Waals surface area contributed by atoms with Crippen molar-refractivity contribution in [3.8, 4) is 0 Å². The highest BCUT2D eigenvalue weighted by atomic mass is 32.2. The molecule has 24 heavy (non-hydrogen) atoms. The molecule has 2 N–H and O–H groups in total. The van der Waals surface area contributed by atoms with Gasteiger partial charge in [-0.05, 0) is 20.3 Å². The average molecular weight is 359 g/mol. The predicted molar refractivity (Wildman–Crippen MR) is 96.9 cm³/mol. The van der Waals surface area contributed by atoms with Gasteiger partial charge in [-0.3, -0.25) is 0 Å². The molecule has 0 aliphatic rings. The van der Waals surface area contributed by atoms with Crippen molar-refractivity contribution in [1.82, 2.24) is 15.6 Å². The molecule has 0 saturated carbocycles. The summed E-state index contributed by atoms with van der Waals surface area (Å²) in [5.41, 5.74) is -0.0854. The number of aromatic nitrogens is 1. The van der Waals surface area contributed by atoms with Gasteiger partial charge in [0, 0.05) is 24.3 Å². The third-order valence-corrected chi connectivity index (χ3v) is 4.29. The number of guanidine groups is 1. The van der Waals surface area contributed by atoms with E-state index in [1.54, 1.807) is 6.20 Å². The second-order valence-corrected chi connectivity index (χ2v) is 9.29. The monoisotopic (exact) mass is 358 g/mol. The first kappa shape index (κ1) is 20.5. The Morgan fingerprint density at radius 3 is 2.58 bits per heavy atom. The molecule has 0 aliphatic heterocycles. The summed E-state index contributed by atoms with van der Waals surface area (Å²) in [4.78, 5) is 8.71. The number of aliphatic imine (C=N–C) groups is 1. The van der Waals surface area contributed by atoms with Gasteiger partial charge in [-0.25, -0.2) is 18.4 Å². The summed E-state index contributed by atoms with van der Waals surface area (Å²) in [6, 6.07) is -0.00720. The molecule has 0 fully saturated rings. The van der Waals surface area contributed by atoms with E-state index in [1.165, 1.54) is 6.26 Å². The lowest BCUT2D eigenvalue weighted by Crippen LogP contribution is -2.42. The number of oxazole rings is 1. The fourth-order valence-corrected chi connectivity index (χ4v) is 2.67. The first-order chi connectivity index (χ1) is 11.0. The minimum atomic E-state index is -2.96. The van der Waals surface area contributed by atoms with Crippen LogP contribution in [0, 0.1) is 0 Å². The van der Waals surface area contributed by atoms with Crippen LogP contribution in [0.25, 0.3) is 0 Å². The highest BCUT2D eigenvalue weighted by molar-refractivity contribution is 7.90. The average Bonchev–Trinajstić information content (AvgIpc) is 2.91. The number of hydrogen-bond acceptors (Lipinski definition) is 5. The van der Waals surface area contributed by atoms with Gasteiger partial charge >= 0.3 is 0 Å². The highest BCUT2D eigenvalue weighted by Crippen LogP contribution is 2.22. The molecule has 0 saturated heterocycles. The molecule has 0 amide bonds. The SMILES string of the molecule is CCNC(=NCc1ncc(C(C)(C)C)o1)NC(C)CCS(C)(=O)=O. The third kappa shape index (κ3) is 7.81. The molecule has 0 aliphatic carbocycles. The molecule has 1 aromatic rings. The maximum absolute atomic E-state index is 11.2. The van der Waals surface area contributed by atoms with Crippen molar-refractivity contribution < 1.29 is 12.8 Å². The van der Waals surface area contributed by atoms with Gasteiger partial charge in [0.05, 0.1) is 11.9 Å². The maximum atomic E-state index is 11.2. The second kappa shape index (κ2) is 8.50. The predicted octanol–water partition coefficient (Wildman–Crippen LogP) is 1.85. The van der Waals surface area contributed by atoms with Crippen LogP contribution in [-0.4, -0.2) is 44.0 Å². The summed E-state index contributed by atoms with van der Waals surface area (Å²) in [5.74, 6) is 2.15. The fourth-order valence-electron chi connectivity index (χ4n) is 1.89. The van der Waals surface area contributed by atoms with Crippen LogP contribution in [0.4, 0.5) is 0 Å². The second-order valence-electron chi connectivity index (χ2n) is 7.03. The van der Waals surface area contributed by atoms with E-state index < -0.39 is 9.84 Å². The van der Waals surface area contributed by atoms with Crippen LogP contribution < -0.4 is 10.6 Å². The van der Waals surface area contributed by atoms with Crippen molar-refractivity contribution in [3.63, 3.8) is 0 Å². The van der Waals surface area contributed by atoms with Gasteiger partial charge in [0.15, 0.2) is 5.96 Å². The summed E-state index contributed by atoms with van der Waals surface area (Å²) in [6.07, 6.45) is 3.50. The van der Waals surface area contributed by atoms with Gasteiger partial charge in [-0.1, -0.05) is 20.8 Å². The minimum absolute atomic E-state index is 0.00720. The number of rotatable bonds is 7. The molecule has 0 spiro atoms. The smallest absolute Gasteiger partial charge is 0.216 e. The Kier molecular flexibility index (Phi) is 7.26. The standard InChI is InChI=1S/C16H30N4O3S/c1-7-17-15(20-12(2)8-9-24(6,21)22)19-11-14-18-10-13(23-14)16(3,4)5/h10,12H,7-9,11H2,1-6H3,(H2,17,19,20). The summed E-state index contributed by atoms with van der Waals surface area (Å²) in [6.45, 7) is 11.1. The molecule has 8 heteroatoms. The van der Waals surface area contributed by atoms with E-state index in [0.717, 1.165) is 5.76 Å². The van der Waals surface area contributed by atoms with E-state index in [1.807, 2.05) is 13.8 Å². The van der Waals surface area contributed by atoms with Crippen molar-refractivity contribution in [3.05, 3.63) is 17.8 Å². The van der Waals surface area contributed by atoms with E-state index in [-0.39, 0.29) is 17.2 Å². The van der Waals surface area contributed by atoms with Gasteiger partial charge in [0.1, 0.15) is 22.1 Å². The van der Waals surface area contributed by atoms with Crippen LogP contribution in [-0.2, 0) is 21.8 Å². The van der Waals surface area contributed by atoms with E-state index >= 15 is 0 Å². The first-order valence-corrected chi connectivity index (χ1v) is 10.2. The van der Waals surface area contributed by atoms with E-state index in [2.05, 4.69) is 41.4 Å². The molecule has 1 unspecified atom stereocenters. The Balaban J connectivity index is 2.66. The van der Waals surface area contributed by atoms with Crippen LogP contribution in [0.1, 0.15) is 52.7 Å². The van der Waals surface area contributed by atoms with Crippen LogP contribution in [0.15, 0.2) is 15.6 Å². The number of nitrogens with one attached hydrogen (secondary N) is 2. The molecule has 1 rings (SSSR count). The Morgan fingerprint density at radius 2 is 2.08 bits per heavy atom. The lowest BCUT2D eigenvalue weighted by Gasteiger charge is -2.17.